The van der Waals surface area contributed by atoms with Gasteiger partial charge >= 0.3 is 0 Å². The average Bonchev–Trinajstić information content (AvgIpc) is 2.45. The first-order chi connectivity index (χ1) is 6.58. The summed E-state index contributed by atoms with van der Waals surface area (Å²) < 4.78 is 26.0. The summed E-state index contributed by atoms with van der Waals surface area (Å²) in [6, 6.07) is 2.71. The molecule has 0 bridgehead atoms. The SMILES string of the molecule is Cc1cc2nc(C(F)F)cc(Cl)n2n1. The Kier molecular flexibility index (Phi) is 2.11. The van der Waals surface area contributed by atoms with Gasteiger partial charge in [0.05, 0.1) is 5.69 Å². The minimum Gasteiger partial charge on any atom is -0.227 e. The zero-order valence-electron chi connectivity index (χ0n) is 7.21. The average molecular weight is 218 g/mol. The smallest absolute Gasteiger partial charge is 0.227 e. The van der Waals surface area contributed by atoms with Crippen molar-refractivity contribution in [1.82, 2.24) is 14.6 Å². The lowest BCUT2D eigenvalue weighted by atomic mass is 10.4. The molecule has 0 spiro atoms. The molecule has 0 aromatic carbocycles. The molecule has 0 saturated carbocycles. The van der Waals surface area contributed by atoms with E-state index in [4.69, 9.17) is 11.6 Å². The van der Waals surface area contributed by atoms with E-state index in [1.165, 1.54) is 4.52 Å². The van der Waals surface area contributed by atoms with Crippen molar-refractivity contribution in [3.8, 4) is 0 Å². The van der Waals surface area contributed by atoms with E-state index in [0.29, 0.717) is 11.3 Å². The predicted octanol–water partition coefficient (Wildman–Crippen LogP) is 2.63. The first-order valence-electron chi connectivity index (χ1n) is 3.89. The molecule has 2 heterocycles. The van der Waals surface area contributed by atoms with Gasteiger partial charge in [0.2, 0.25) is 0 Å². The van der Waals surface area contributed by atoms with Crippen molar-refractivity contribution in [1.29, 1.82) is 0 Å². The molecule has 0 radical (unpaired) electrons. The lowest BCUT2D eigenvalue weighted by Crippen LogP contribution is -1.97. The van der Waals surface area contributed by atoms with Gasteiger partial charge in [0.25, 0.3) is 6.43 Å². The Hall–Kier alpha value is -1.23. The summed E-state index contributed by atoms with van der Waals surface area (Å²) >= 11 is 5.75. The van der Waals surface area contributed by atoms with Crippen molar-refractivity contribution >= 4 is 17.2 Å². The van der Waals surface area contributed by atoms with Crippen LogP contribution in [0.1, 0.15) is 17.8 Å². The predicted molar refractivity (Wildman–Crippen MR) is 47.7 cm³/mol. The third-order valence-electron chi connectivity index (χ3n) is 1.75. The number of aromatic nitrogens is 3. The third-order valence-corrected chi connectivity index (χ3v) is 2.02. The molecule has 3 nitrogen and oxygen atoms in total. The Balaban J connectivity index is 2.71. The molecule has 0 aliphatic carbocycles. The van der Waals surface area contributed by atoms with Gasteiger partial charge < -0.3 is 0 Å². The van der Waals surface area contributed by atoms with Crippen molar-refractivity contribution in [3.63, 3.8) is 0 Å². The number of aryl methyl sites for hydroxylation is 1. The lowest BCUT2D eigenvalue weighted by molar-refractivity contribution is 0.146. The number of hydrogen-bond donors (Lipinski definition) is 0. The summed E-state index contributed by atoms with van der Waals surface area (Å²) in [5, 5.41) is 4.13. The van der Waals surface area contributed by atoms with E-state index >= 15 is 0 Å². The summed E-state index contributed by atoms with van der Waals surface area (Å²) in [5.41, 5.74) is 0.693. The van der Waals surface area contributed by atoms with Gasteiger partial charge in [0, 0.05) is 12.1 Å². The fourth-order valence-corrected chi connectivity index (χ4v) is 1.42. The highest BCUT2D eigenvalue weighted by atomic mass is 35.5. The highest BCUT2D eigenvalue weighted by molar-refractivity contribution is 6.29. The number of rotatable bonds is 1. The minimum absolute atomic E-state index is 0.137. The maximum atomic E-state index is 12.3. The molecule has 0 unspecified atom stereocenters. The van der Waals surface area contributed by atoms with Gasteiger partial charge in [-0.15, -0.1) is 0 Å². The van der Waals surface area contributed by atoms with E-state index in [1.807, 2.05) is 0 Å². The van der Waals surface area contributed by atoms with Gasteiger partial charge in [-0.3, -0.25) is 0 Å². The maximum absolute atomic E-state index is 12.3. The van der Waals surface area contributed by atoms with Crippen LogP contribution in [0.15, 0.2) is 12.1 Å². The van der Waals surface area contributed by atoms with Crippen LogP contribution >= 0.6 is 11.6 Å². The number of hydrogen-bond acceptors (Lipinski definition) is 2. The lowest BCUT2D eigenvalue weighted by Gasteiger charge is -2.01. The zero-order valence-corrected chi connectivity index (χ0v) is 7.96. The summed E-state index contributed by atoms with van der Waals surface area (Å²) in [5.74, 6) is 0. The fourth-order valence-electron chi connectivity index (χ4n) is 1.18. The Labute approximate surface area is 83.3 Å². The molecule has 6 heteroatoms. The standard InChI is InChI=1S/C8H6ClF2N3/c1-4-2-7-12-5(8(10)11)3-6(9)14(7)13-4/h2-3,8H,1H3. The summed E-state index contributed by atoms with van der Waals surface area (Å²) in [6.45, 7) is 1.74. The van der Waals surface area contributed by atoms with Crippen LogP contribution in [0, 0.1) is 6.92 Å². The van der Waals surface area contributed by atoms with Crippen LogP contribution in [0.25, 0.3) is 5.65 Å². The van der Waals surface area contributed by atoms with Gasteiger partial charge in [0.15, 0.2) is 5.65 Å². The normalized spacial score (nSPS) is 11.5. The molecule has 0 atom stereocenters. The summed E-state index contributed by atoms with van der Waals surface area (Å²) in [6.07, 6.45) is -2.62. The van der Waals surface area contributed by atoms with Crippen LogP contribution in [-0.2, 0) is 0 Å². The van der Waals surface area contributed by atoms with Crippen LogP contribution in [0.5, 0.6) is 0 Å². The maximum Gasteiger partial charge on any atom is 0.280 e. The van der Waals surface area contributed by atoms with Gasteiger partial charge in [0.1, 0.15) is 10.8 Å². The monoisotopic (exact) mass is 217 g/mol. The van der Waals surface area contributed by atoms with Crippen LogP contribution in [-0.4, -0.2) is 14.6 Å². The van der Waals surface area contributed by atoms with Gasteiger partial charge in [-0.05, 0) is 6.92 Å². The van der Waals surface area contributed by atoms with Crippen LogP contribution in [0.4, 0.5) is 8.78 Å². The second-order valence-electron chi connectivity index (χ2n) is 2.86. The molecule has 0 aliphatic heterocycles. The van der Waals surface area contributed by atoms with E-state index in [-0.39, 0.29) is 10.8 Å². The number of fused-ring (bicyclic) bond motifs is 1. The molecule has 0 aliphatic rings. The highest BCUT2D eigenvalue weighted by Gasteiger charge is 2.13. The summed E-state index contributed by atoms with van der Waals surface area (Å²) in [7, 11) is 0. The molecule has 2 aromatic rings. The second-order valence-corrected chi connectivity index (χ2v) is 3.25. The molecular formula is C8H6ClF2N3. The van der Waals surface area contributed by atoms with Crippen molar-refractivity contribution in [2.45, 2.75) is 13.3 Å². The van der Waals surface area contributed by atoms with Crippen molar-refractivity contribution in [2.75, 3.05) is 0 Å². The highest BCUT2D eigenvalue weighted by Crippen LogP contribution is 2.21. The van der Waals surface area contributed by atoms with Crippen molar-refractivity contribution < 1.29 is 8.78 Å². The zero-order chi connectivity index (χ0) is 10.3. The fraction of sp³-hybridized carbons (Fsp3) is 0.250. The number of alkyl halides is 2. The molecular weight excluding hydrogens is 212 g/mol. The molecule has 0 fully saturated rings. The molecule has 14 heavy (non-hydrogen) atoms. The second kappa shape index (κ2) is 3.16. The first-order valence-corrected chi connectivity index (χ1v) is 4.26. The molecule has 0 amide bonds. The largest absolute Gasteiger partial charge is 0.280 e. The van der Waals surface area contributed by atoms with E-state index in [1.54, 1.807) is 13.0 Å². The minimum atomic E-state index is -2.62. The first kappa shape index (κ1) is 9.33. The Morgan fingerprint density at radius 3 is 2.79 bits per heavy atom. The van der Waals surface area contributed by atoms with Crippen molar-refractivity contribution in [3.05, 3.63) is 28.7 Å². The molecule has 74 valence electrons. The molecule has 0 N–H and O–H groups in total. The summed E-state index contributed by atoms with van der Waals surface area (Å²) in [4.78, 5) is 3.72. The van der Waals surface area contributed by atoms with Crippen LogP contribution in [0.3, 0.4) is 0 Å². The van der Waals surface area contributed by atoms with Gasteiger partial charge in [-0.1, -0.05) is 11.6 Å². The van der Waals surface area contributed by atoms with Crippen LogP contribution in [0.2, 0.25) is 5.15 Å². The van der Waals surface area contributed by atoms with E-state index in [0.717, 1.165) is 6.07 Å². The Bertz CT molecular complexity index is 481. The number of nitrogens with zero attached hydrogens (tertiary/aromatic N) is 3. The van der Waals surface area contributed by atoms with Gasteiger partial charge in [-0.2, -0.15) is 5.10 Å². The molecule has 2 rings (SSSR count). The quantitative estimate of drug-likeness (QED) is 0.688. The Morgan fingerprint density at radius 2 is 2.14 bits per heavy atom. The molecule has 0 saturated heterocycles. The third kappa shape index (κ3) is 1.43. The van der Waals surface area contributed by atoms with E-state index in [9.17, 15) is 8.78 Å². The molecule has 2 aromatic heterocycles. The Morgan fingerprint density at radius 1 is 1.43 bits per heavy atom. The van der Waals surface area contributed by atoms with Crippen molar-refractivity contribution in [2.24, 2.45) is 0 Å². The van der Waals surface area contributed by atoms with E-state index < -0.39 is 6.43 Å². The van der Waals surface area contributed by atoms with Crippen LogP contribution < -0.4 is 0 Å². The van der Waals surface area contributed by atoms with E-state index in [2.05, 4.69) is 10.1 Å². The topological polar surface area (TPSA) is 30.2 Å². The number of halogens is 3. The van der Waals surface area contributed by atoms with Gasteiger partial charge in [-0.25, -0.2) is 18.3 Å².